The van der Waals surface area contributed by atoms with Crippen molar-refractivity contribution in [2.45, 2.75) is 186 Å². The first-order valence-electron chi connectivity index (χ1n) is 20.2. The van der Waals surface area contributed by atoms with E-state index in [1.54, 1.807) is 42.5 Å². The molecule has 8 heteroatoms. The lowest BCUT2D eigenvalue weighted by molar-refractivity contribution is -0.152. The lowest BCUT2D eigenvalue weighted by Gasteiger charge is -2.14. The Morgan fingerprint density at radius 2 is 0.961 bits per heavy atom. The summed E-state index contributed by atoms with van der Waals surface area (Å²) in [4.78, 5) is 24.0. The van der Waals surface area contributed by atoms with Crippen LogP contribution in [0.3, 0.4) is 0 Å². The van der Waals surface area contributed by atoms with Crippen molar-refractivity contribution in [1.82, 2.24) is 0 Å². The van der Waals surface area contributed by atoms with Gasteiger partial charge in [-0.15, -0.1) is 0 Å². The lowest BCUT2D eigenvalue weighted by Crippen LogP contribution is -2.26. The fraction of sp³-hybridized carbons (Fsp3) is 0.721. The topological polar surface area (TPSA) is 134 Å². The summed E-state index contributed by atoms with van der Waals surface area (Å²) in [5, 5.41) is 40.1. The number of esters is 2. The van der Waals surface area contributed by atoms with Crippen molar-refractivity contribution in [2.24, 2.45) is 0 Å². The zero-order chi connectivity index (χ0) is 37.6. The zero-order valence-electron chi connectivity index (χ0n) is 32.2. The standard InChI is InChI=1S/C43H74O8/c1-3-5-7-8-9-10-11-12-13-14-15-16-17-18-19-24-28-34-42(48)50-36-39(45)37-51-43(49)35-29-33-41(47)40(46)32-27-23-21-20-22-26-31-38(44)30-25-6-4-2/h6,20-23,25-27,31-32,38-41,44-47H,3-5,7-19,24,28-30,33-37H2,1-2H3/b22-20+,23-21-,25-6-,31-26+,32-27-/t38-,39-,40+,41+/m1/s1. The van der Waals surface area contributed by atoms with E-state index in [9.17, 15) is 30.0 Å². The highest BCUT2D eigenvalue weighted by Crippen LogP contribution is 2.15. The van der Waals surface area contributed by atoms with Crippen molar-refractivity contribution in [2.75, 3.05) is 13.2 Å². The number of unbranched alkanes of at least 4 members (excludes halogenated alkanes) is 16. The highest BCUT2D eigenvalue weighted by molar-refractivity contribution is 5.69. The molecule has 0 bridgehead atoms. The van der Waals surface area contributed by atoms with Gasteiger partial charge in [0.25, 0.3) is 0 Å². The van der Waals surface area contributed by atoms with E-state index in [1.165, 1.54) is 96.0 Å². The summed E-state index contributed by atoms with van der Waals surface area (Å²) in [7, 11) is 0. The molecule has 0 radical (unpaired) electrons. The molecule has 0 fully saturated rings. The van der Waals surface area contributed by atoms with Gasteiger partial charge in [-0.1, -0.05) is 177 Å². The van der Waals surface area contributed by atoms with Crippen LogP contribution in [0.25, 0.3) is 0 Å². The molecule has 0 saturated heterocycles. The van der Waals surface area contributed by atoms with E-state index in [0.29, 0.717) is 19.3 Å². The minimum Gasteiger partial charge on any atom is -0.463 e. The molecule has 4 atom stereocenters. The third kappa shape index (κ3) is 35.7. The number of ether oxygens (including phenoxy) is 2. The second kappa shape index (κ2) is 37.2. The Hall–Kier alpha value is -2.52. The number of hydrogen-bond acceptors (Lipinski definition) is 8. The van der Waals surface area contributed by atoms with E-state index >= 15 is 0 Å². The Morgan fingerprint density at radius 3 is 1.45 bits per heavy atom. The molecule has 0 aliphatic heterocycles. The van der Waals surface area contributed by atoms with E-state index in [-0.39, 0.29) is 32.0 Å². The van der Waals surface area contributed by atoms with Crippen LogP contribution in [0.5, 0.6) is 0 Å². The molecule has 0 amide bonds. The fourth-order valence-corrected chi connectivity index (χ4v) is 5.43. The molecule has 0 aromatic rings. The third-order valence-corrected chi connectivity index (χ3v) is 8.61. The van der Waals surface area contributed by atoms with Crippen LogP contribution in [-0.2, 0) is 19.1 Å². The molecule has 0 rings (SSSR count). The Kier molecular flexibility index (Phi) is 35.4. The number of aliphatic hydroxyl groups is 4. The quantitative estimate of drug-likeness (QED) is 0.0221. The average Bonchev–Trinajstić information content (AvgIpc) is 3.12. The lowest BCUT2D eigenvalue weighted by atomic mass is 10.0. The Labute approximate surface area is 310 Å². The van der Waals surface area contributed by atoms with Crippen LogP contribution in [0.1, 0.15) is 162 Å². The van der Waals surface area contributed by atoms with Crippen LogP contribution < -0.4 is 0 Å². The summed E-state index contributed by atoms with van der Waals surface area (Å²) in [5.41, 5.74) is 0. The van der Waals surface area contributed by atoms with Crippen LogP contribution >= 0.6 is 0 Å². The zero-order valence-corrected chi connectivity index (χ0v) is 32.2. The van der Waals surface area contributed by atoms with Crippen LogP contribution in [0.15, 0.2) is 60.8 Å². The Morgan fingerprint density at radius 1 is 0.529 bits per heavy atom. The molecule has 0 aromatic heterocycles. The molecule has 4 N–H and O–H groups in total. The van der Waals surface area contributed by atoms with E-state index in [1.807, 2.05) is 19.1 Å². The molecule has 0 spiro atoms. The molecule has 0 saturated carbocycles. The number of rotatable bonds is 35. The van der Waals surface area contributed by atoms with E-state index in [2.05, 4.69) is 6.92 Å². The van der Waals surface area contributed by atoms with Crippen molar-refractivity contribution in [3.63, 3.8) is 0 Å². The maximum absolute atomic E-state index is 12.0. The first kappa shape index (κ1) is 48.5. The number of allylic oxidation sites excluding steroid dienone is 7. The molecule has 0 unspecified atom stereocenters. The molecule has 0 aromatic carbocycles. The maximum Gasteiger partial charge on any atom is 0.305 e. The highest BCUT2D eigenvalue weighted by atomic mass is 16.6. The normalized spacial score (nSPS) is 14.7. The molecule has 0 heterocycles. The second-order valence-electron chi connectivity index (χ2n) is 13.6. The molecule has 51 heavy (non-hydrogen) atoms. The first-order chi connectivity index (χ1) is 24.8. The second-order valence-corrected chi connectivity index (χ2v) is 13.6. The van der Waals surface area contributed by atoms with E-state index < -0.39 is 30.4 Å². The van der Waals surface area contributed by atoms with Crippen molar-refractivity contribution in [1.29, 1.82) is 0 Å². The largest absolute Gasteiger partial charge is 0.463 e. The van der Waals surface area contributed by atoms with Crippen LogP contribution in [0.2, 0.25) is 0 Å². The van der Waals surface area contributed by atoms with Crippen molar-refractivity contribution < 1.29 is 39.5 Å². The molecule has 0 aliphatic rings. The smallest absolute Gasteiger partial charge is 0.305 e. The number of carbonyl (C=O) groups excluding carboxylic acids is 2. The van der Waals surface area contributed by atoms with Gasteiger partial charge in [0, 0.05) is 12.8 Å². The average molecular weight is 719 g/mol. The Balaban J connectivity index is 3.75. The van der Waals surface area contributed by atoms with Crippen molar-refractivity contribution in [3.05, 3.63) is 60.8 Å². The predicted octanol–water partition coefficient (Wildman–Crippen LogP) is 9.31. The monoisotopic (exact) mass is 719 g/mol. The fourth-order valence-electron chi connectivity index (χ4n) is 5.43. The molecule has 0 aliphatic carbocycles. The Bertz CT molecular complexity index is 954. The van der Waals surface area contributed by atoms with Crippen molar-refractivity contribution in [3.8, 4) is 0 Å². The number of hydrogen-bond donors (Lipinski definition) is 4. The van der Waals surface area contributed by atoms with Gasteiger partial charge in [0.15, 0.2) is 0 Å². The molecule has 8 nitrogen and oxygen atoms in total. The molecule has 294 valence electrons. The van der Waals surface area contributed by atoms with Crippen molar-refractivity contribution >= 4 is 11.9 Å². The van der Waals surface area contributed by atoms with Gasteiger partial charge in [-0.05, 0) is 32.1 Å². The van der Waals surface area contributed by atoms with Gasteiger partial charge < -0.3 is 29.9 Å². The van der Waals surface area contributed by atoms with E-state index in [0.717, 1.165) is 25.7 Å². The van der Waals surface area contributed by atoms with Gasteiger partial charge in [-0.2, -0.15) is 0 Å². The molecular weight excluding hydrogens is 644 g/mol. The predicted molar refractivity (Wildman–Crippen MR) is 209 cm³/mol. The summed E-state index contributed by atoms with van der Waals surface area (Å²) >= 11 is 0. The van der Waals surface area contributed by atoms with Crippen LogP contribution in [0, 0.1) is 0 Å². The summed E-state index contributed by atoms with van der Waals surface area (Å²) in [5.74, 6) is -0.885. The molecular formula is C43H74O8. The third-order valence-electron chi connectivity index (χ3n) is 8.61. The maximum atomic E-state index is 12.0. The van der Waals surface area contributed by atoms with Gasteiger partial charge >= 0.3 is 11.9 Å². The number of carbonyl (C=O) groups is 2. The van der Waals surface area contributed by atoms with Gasteiger partial charge in [0.05, 0.1) is 18.3 Å². The summed E-state index contributed by atoms with van der Waals surface area (Å²) < 4.78 is 10.2. The first-order valence-corrected chi connectivity index (χ1v) is 20.2. The van der Waals surface area contributed by atoms with E-state index in [4.69, 9.17) is 9.47 Å². The highest BCUT2D eigenvalue weighted by Gasteiger charge is 2.15. The van der Waals surface area contributed by atoms with Gasteiger partial charge in [0.2, 0.25) is 0 Å². The van der Waals surface area contributed by atoms with Gasteiger partial charge in [0.1, 0.15) is 19.3 Å². The minimum absolute atomic E-state index is 0.0289. The summed E-state index contributed by atoms with van der Waals surface area (Å²) in [6.07, 6.45) is 38.0. The van der Waals surface area contributed by atoms with Gasteiger partial charge in [-0.3, -0.25) is 9.59 Å². The van der Waals surface area contributed by atoms with Crippen LogP contribution in [-0.4, -0.2) is 70.0 Å². The van der Waals surface area contributed by atoms with Gasteiger partial charge in [-0.25, -0.2) is 0 Å². The summed E-state index contributed by atoms with van der Waals surface area (Å²) in [6.45, 7) is 3.82. The number of aliphatic hydroxyl groups excluding tert-OH is 4. The summed E-state index contributed by atoms with van der Waals surface area (Å²) in [6, 6.07) is 0. The van der Waals surface area contributed by atoms with Crippen LogP contribution in [0.4, 0.5) is 0 Å². The SMILES string of the molecule is CC/C=C\C[C@@H](O)/C=C/C=C/C=C\C=C/[C@H](O)[C@@H](O)CCCC(=O)OC[C@H](O)COC(=O)CCCCCCCCCCCCCCCCCCC. The minimum atomic E-state index is -1.09.